The van der Waals surface area contributed by atoms with Crippen LogP contribution in [0, 0.1) is 13.8 Å². The van der Waals surface area contributed by atoms with E-state index in [1.807, 2.05) is 38.1 Å². The number of nitrogens with one attached hydrogen (secondary N) is 3. The van der Waals surface area contributed by atoms with Gasteiger partial charge in [0.05, 0.1) is 6.54 Å². The van der Waals surface area contributed by atoms with Crippen LogP contribution in [0.3, 0.4) is 0 Å². The molecule has 3 aromatic rings. The van der Waals surface area contributed by atoms with E-state index in [0.29, 0.717) is 10.7 Å². The standard InChI is InChI=1S/C19H18ClN3O2/c1-11-4-3-5-12(2)18(11)23-17(24)10-21-19(25)16-9-13-8-14(20)6-7-15(13)22-16/h3-9,22H,10H2,1-2H3,(H,21,25)(H,23,24). The molecular formula is C19H18ClN3O2. The van der Waals surface area contributed by atoms with Crippen LogP contribution in [0.25, 0.3) is 10.9 Å². The molecule has 0 atom stereocenters. The lowest BCUT2D eigenvalue weighted by atomic mass is 10.1. The van der Waals surface area contributed by atoms with E-state index >= 15 is 0 Å². The van der Waals surface area contributed by atoms with E-state index in [1.54, 1.807) is 18.2 Å². The van der Waals surface area contributed by atoms with Crippen molar-refractivity contribution in [2.45, 2.75) is 13.8 Å². The summed E-state index contributed by atoms with van der Waals surface area (Å²) in [5.74, 6) is -0.617. The lowest BCUT2D eigenvalue weighted by Crippen LogP contribution is -2.33. The van der Waals surface area contributed by atoms with Gasteiger partial charge in [-0.05, 0) is 49.2 Å². The van der Waals surface area contributed by atoms with Gasteiger partial charge in [-0.25, -0.2) is 0 Å². The van der Waals surface area contributed by atoms with Crippen molar-refractivity contribution in [3.63, 3.8) is 0 Å². The lowest BCUT2D eigenvalue weighted by molar-refractivity contribution is -0.115. The summed E-state index contributed by atoms with van der Waals surface area (Å²) in [6, 6.07) is 12.8. The molecule has 6 heteroatoms. The first-order valence-corrected chi connectivity index (χ1v) is 8.24. The van der Waals surface area contributed by atoms with Crippen LogP contribution in [0.4, 0.5) is 5.69 Å². The van der Waals surface area contributed by atoms with Crippen molar-refractivity contribution >= 4 is 40.0 Å². The number of aromatic nitrogens is 1. The van der Waals surface area contributed by atoms with Crippen LogP contribution in [0.1, 0.15) is 21.6 Å². The molecule has 0 aliphatic rings. The Hall–Kier alpha value is -2.79. The van der Waals surface area contributed by atoms with Crippen molar-refractivity contribution in [2.75, 3.05) is 11.9 Å². The van der Waals surface area contributed by atoms with Gasteiger partial charge in [-0.1, -0.05) is 29.8 Å². The van der Waals surface area contributed by atoms with E-state index < -0.39 is 0 Å². The summed E-state index contributed by atoms with van der Waals surface area (Å²) in [5.41, 5.74) is 3.94. The number of benzene rings is 2. The van der Waals surface area contributed by atoms with Crippen molar-refractivity contribution < 1.29 is 9.59 Å². The predicted molar refractivity (Wildman–Crippen MR) is 100 cm³/mol. The number of carbonyl (C=O) groups excluding carboxylic acids is 2. The molecule has 0 bridgehead atoms. The monoisotopic (exact) mass is 355 g/mol. The Kier molecular flexibility index (Phi) is 4.76. The minimum Gasteiger partial charge on any atom is -0.351 e. The maximum Gasteiger partial charge on any atom is 0.268 e. The van der Waals surface area contributed by atoms with Crippen molar-refractivity contribution in [1.29, 1.82) is 0 Å². The number of aromatic amines is 1. The van der Waals surface area contributed by atoms with Crippen LogP contribution < -0.4 is 10.6 Å². The number of carbonyl (C=O) groups is 2. The first kappa shape index (κ1) is 17.0. The summed E-state index contributed by atoms with van der Waals surface area (Å²) >= 11 is 5.95. The Bertz CT molecular complexity index is 942. The zero-order valence-corrected chi connectivity index (χ0v) is 14.7. The number of anilines is 1. The third-order valence-corrected chi connectivity index (χ3v) is 4.22. The van der Waals surface area contributed by atoms with Gasteiger partial charge in [0.2, 0.25) is 5.91 Å². The molecule has 2 aromatic carbocycles. The van der Waals surface area contributed by atoms with Gasteiger partial charge in [-0.2, -0.15) is 0 Å². The van der Waals surface area contributed by atoms with Gasteiger partial charge >= 0.3 is 0 Å². The zero-order chi connectivity index (χ0) is 18.0. The van der Waals surface area contributed by atoms with E-state index in [1.165, 1.54) is 0 Å². The maximum atomic E-state index is 12.2. The molecule has 1 aromatic heterocycles. The van der Waals surface area contributed by atoms with Crippen molar-refractivity contribution in [3.8, 4) is 0 Å². The van der Waals surface area contributed by atoms with E-state index in [2.05, 4.69) is 15.6 Å². The van der Waals surface area contributed by atoms with Crippen LogP contribution in [0.5, 0.6) is 0 Å². The first-order valence-electron chi connectivity index (χ1n) is 7.86. The molecular weight excluding hydrogens is 338 g/mol. The molecule has 0 saturated heterocycles. The molecule has 1 heterocycles. The summed E-state index contributed by atoms with van der Waals surface area (Å²) in [6.07, 6.45) is 0. The van der Waals surface area contributed by atoms with Crippen molar-refractivity contribution in [1.82, 2.24) is 10.3 Å². The molecule has 3 N–H and O–H groups in total. The Morgan fingerprint density at radius 1 is 1.08 bits per heavy atom. The van der Waals surface area contributed by atoms with Crippen molar-refractivity contribution in [3.05, 3.63) is 64.3 Å². The summed E-state index contributed by atoms with van der Waals surface area (Å²) in [4.78, 5) is 27.4. The van der Waals surface area contributed by atoms with Gasteiger partial charge in [-0.15, -0.1) is 0 Å². The molecule has 128 valence electrons. The van der Waals surface area contributed by atoms with E-state index in [9.17, 15) is 9.59 Å². The lowest BCUT2D eigenvalue weighted by Gasteiger charge is -2.11. The topological polar surface area (TPSA) is 74.0 Å². The maximum absolute atomic E-state index is 12.2. The zero-order valence-electron chi connectivity index (χ0n) is 13.9. The highest BCUT2D eigenvalue weighted by atomic mass is 35.5. The molecule has 0 aliphatic carbocycles. The largest absolute Gasteiger partial charge is 0.351 e. The summed E-state index contributed by atoms with van der Waals surface area (Å²) in [5, 5.41) is 6.90. The smallest absolute Gasteiger partial charge is 0.268 e. The summed E-state index contributed by atoms with van der Waals surface area (Å²) < 4.78 is 0. The molecule has 2 amide bonds. The number of fused-ring (bicyclic) bond motifs is 1. The van der Waals surface area contributed by atoms with Gasteiger partial charge in [-0.3, -0.25) is 9.59 Å². The van der Waals surface area contributed by atoms with Crippen LogP contribution in [-0.2, 0) is 4.79 Å². The van der Waals surface area contributed by atoms with Gasteiger partial charge in [0.1, 0.15) is 5.69 Å². The number of hydrogen-bond acceptors (Lipinski definition) is 2. The second kappa shape index (κ2) is 6.99. The second-order valence-electron chi connectivity index (χ2n) is 5.91. The Labute approximate surface area is 150 Å². The summed E-state index contributed by atoms with van der Waals surface area (Å²) in [7, 11) is 0. The Balaban J connectivity index is 1.64. The number of para-hydroxylation sites is 1. The molecule has 0 saturated carbocycles. The van der Waals surface area contributed by atoms with Gasteiger partial charge in [0.25, 0.3) is 5.91 Å². The van der Waals surface area contributed by atoms with Gasteiger partial charge in [0, 0.05) is 21.6 Å². The van der Waals surface area contributed by atoms with Gasteiger partial charge < -0.3 is 15.6 Å². The Morgan fingerprint density at radius 3 is 2.52 bits per heavy atom. The fraction of sp³-hybridized carbons (Fsp3) is 0.158. The highest BCUT2D eigenvalue weighted by molar-refractivity contribution is 6.31. The van der Waals surface area contributed by atoms with E-state index in [-0.39, 0.29) is 18.4 Å². The van der Waals surface area contributed by atoms with E-state index in [0.717, 1.165) is 27.7 Å². The molecule has 25 heavy (non-hydrogen) atoms. The third-order valence-electron chi connectivity index (χ3n) is 3.98. The fourth-order valence-electron chi connectivity index (χ4n) is 2.68. The number of aryl methyl sites for hydroxylation is 2. The Morgan fingerprint density at radius 2 is 1.80 bits per heavy atom. The molecule has 0 radical (unpaired) electrons. The molecule has 0 unspecified atom stereocenters. The number of H-pyrrole nitrogens is 1. The number of amides is 2. The van der Waals surface area contributed by atoms with Crippen molar-refractivity contribution in [2.24, 2.45) is 0 Å². The minimum absolute atomic E-state index is 0.108. The van der Waals surface area contributed by atoms with Crippen LogP contribution in [-0.4, -0.2) is 23.3 Å². The molecule has 5 nitrogen and oxygen atoms in total. The first-order chi connectivity index (χ1) is 11.9. The third kappa shape index (κ3) is 3.83. The molecule has 3 rings (SSSR count). The molecule has 0 fully saturated rings. The molecule has 0 aliphatic heterocycles. The van der Waals surface area contributed by atoms with E-state index in [4.69, 9.17) is 11.6 Å². The van der Waals surface area contributed by atoms with Gasteiger partial charge in [0.15, 0.2) is 0 Å². The highest BCUT2D eigenvalue weighted by Crippen LogP contribution is 2.20. The number of rotatable bonds is 4. The fourth-order valence-corrected chi connectivity index (χ4v) is 2.86. The van der Waals surface area contributed by atoms with Crippen LogP contribution >= 0.6 is 11.6 Å². The number of hydrogen-bond donors (Lipinski definition) is 3. The normalized spacial score (nSPS) is 10.7. The predicted octanol–water partition coefficient (Wildman–Crippen LogP) is 3.81. The minimum atomic E-state index is -0.344. The second-order valence-corrected chi connectivity index (χ2v) is 6.35. The average molecular weight is 356 g/mol. The average Bonchev–Trinajstić information content (AvgIpc) is 2.99. The SMILES string of the molecule is Cc1cccc(C)c1NC(=O)CNC(=O)c1cc2cc(Cl)ccc2[nH]1. The number of halogens is 1. The summed E-state index contributed by atoms with van der Waals surface area (Å²) in [6.45, 7) is 3.75. The van der Waals surface area contributed by atoms with Crippen LogP contribution in [0.15, 0.2) is 42.5 Å². The highest BCUT2D eigenvalue weighted by Gasteiger charge is 2.12. The molecule has 0 spiro atoms. The quantitative estimate of drug-likeness (QED) is 0.665. The van der Waals surface area contributed by atoms with Crippen LogP contribution in [0.2, 0.25) is 5.02 Å².